The molecule has 3 rings (SSSR count). The van der Waals surface area contributed by atoms with Gasteiger partial charge in [0, 0.05) is 25.2 Å². The smallest absolute Gasteiger partial charge is 0.278 e. The van der Waals surface area contributed by atoms with Crippen LogP contribution in [0.3, 0.4) is 0 Å². The Kier molecular flexibility index (Phi) is 6.31. The van der Waals surface area contributed by atoms with Gasteiger partial charge < -0.3 is 15.3 Å². The number of amides is 1. The molecule has 0 bridgehead atoms. The number of nitrogens with zero attached hydrogens (tertiary/aromatic N) is 3. The fourth-order valence-electron chi connectivity index (χ4n) is 3.14. The van der Waals surface area contributed by atoms with Gasteiger partial charge in [-0.15, -0.1) is 12.4 Å². The van der Waals surface area contributed by atoms with E-state index < -0.39 is 0 Å². The van der Waals surface area contributed by atoms with Gasteiger partial charge in [-0.3, -0.25) is 4.79 Å². The highest BCUT2D eigenvalue weighted by Gasteiger charge is 2.31. The standard InChI is InChI=1S/C19H26N4O2.ClH/c1-12(2)15-5-7-16(8-6-15)23-11-17(24)18(21-23)19(25)22-10-9-20-13(3)14(22)4;/h5-8,11-14,20,24H,9-10H2,1-4H3;1H. The predicted molar refractivity (Wildman–Crippen MR) is 105 cm³/mol. The number of piperazine rings is 1. The molecule has 1 saturated heterocycles. The normalized spacial score (nSPS) is 20.1. The Labute approximate surface area is 160 Å². The van der Waals surface area contributed by atoms with Gasteiger partial charge in [-0.2, -0.15) is 5.10 Å². The highest BCUT2D eigenvalue weighted by Crippen LogP contribution is 2.23. The molecule has 7 heteroatoms. The second-order valence-electron chi connectivity index (χ2n) is 7.04. The molecule has 1 aliphatic rings. The predicted octanol–water partition coefficient (Wildman–Crippen LogP) is 2.95. The van der Waals surface area contributed by atoms with Crippen molar-refractivity contribution in [1.82, 2.24) is 20.0 Å². The van der Waals surface area contributed by atoms with E-state index in [1.165, 1.54) is 11.8 Å². The number of nitrogens with one attached hydrogen (secondary N) is 1. The fraction of sp³-hybridized carbons (Fsp3) is 0.474. The van der Waals surface area contributed by atoms with Crippen molar-refractivity contribution < 1.29 is 9.90 Å². The van der Waals surface area contributed by atoms with Crippen molar-refractivity contribution in [3.8, 4) is 11.4 Å². The zero-order valence-electron chi connectivity index (χ0n) is 15.6. The Morgan fingerprint density at radius 1 is 1.27 bits per heavy atom. The number of carbonyl (C=O) groups excluding carboxylic acids is 1. The molecule has 26 heavy (non-hydrogen) atoms. The van der Waals surface area contributed by atoms with Crippen molar-refractivity contribution in [1.29, 1.82) is 0 Å². The molecule has 142 valence electrons. The van der Waals surface area contributed by atoms with Crippen LogP contribution in [0.5, 0.6) is 5.75 Å². The first-order chi connectivity index (χ1) is 11.9. The first kappa shape index (κ1) is 20.3. The van der Waals surface area contributed by atoms with Gasteiger partial charge in [-0.05, 0) is 37.5 Å². The van der Waals surface area contributed by atoms with E-state index in [4.69, 9.17) is 0 Å². The molecular formula is C19H27ClN4O2. The topological polar surface area (TPSA) is 70.4 Å². The molecule has 1 aromatic carbocycles. The monoisotopic (exact) mass is 378 g/mol. The number of carbonyl (C=O) groups is 1. The van der Waals surface area contributed by atoms with Crippen molar-refractivity contribution >= 4 is 18.3 Å². The molecule has 0 spiro atoms. The van der Waals surface area contributed by atoms with E-state index in [1.807, 2.05) is 31.2 Å². The van der Waals surface area contributed by atoms with Crippen LogP contribution >= 0.6 is 12.4 Å². The molecule has 0 saturated carbocycles. The Bertz CT molecular complexity index is 757. The molecular weight excluding hydrogens is 352 g/mol. The van der Waals surface area contributed by atoms with Crippen molar-refractivity contribution in [2.24, 2.45) is 0 Å². The molecule has 2 N–H and O–H groups in total. The van der Waals surface area contributed by atoms with Crippen molar-refractivity contribution in [3.63, 3.8) is 0 Å². The van der Waals surface area contributed by atoms with E-state index >= 15 is 0 Å². The molecule has 0 radical (unpaired) electrons. The number of benzene rings is 1. The molecule has 2 aromatic rings. The maximum atomic E-state index is 12.8. The molecule has 6 nitrogen and oxygen atoms in total. The molecule has 1 amide bonds. The molecule has 1 aromatic heterocycles. The van der Waals surface area contributed by atoms with E-state index in [0.29, 0.717) is 12.5 Å². The van der Waals surface area contributed by atoms with Gasteiger partial charge in [0.05, 0.1) is 11.9 Å². The summed E-state index contributed by atoms with van der Waals surface area (Å²) in [6.07, 6.45) is 1.49. The molecule has 2 unspecified atom stereocenters. The van der Waals surface area contributed by atoms with Crippen LogP contribution in [0.2, 0.25) is 0 Å². The average Bonchev–Trinajstić information content (AvgIpc) is 2.98. The maximum Gasteiger partial charge on any atom is 0.278 e. The number of hydrogen-bond donors (Lipinski definition) is 2. The van der Waals surface area contributed by atoms with Crippen LogP contribution in [0.4, 0.5) is 0 Å². The lowest BCUT2D eigenvalue weighted by Gasteiger charge is -2.38. The zero-order chi connectivity index (χ0) is 18.1. The molecule has 2 atom stereocenters. The van der Waals surface area contributed by atoms with Gasteiger partial charge in [-0.1, -0.05) is 26.0 Å². The second kappa shape index (κ2) is 8.10. The van der Waals surface area contributed by atoms with Crippen LogP contribution in [-0.4, -0.2) is 50.9 Å². The van der Waals surface area contributed by atoms with E-state index in [-0.39, 0.29) is 41.8 Å². The minimum absolute atomic E-state index is 0. The Balaban J connectivity index is 0.00000243. The van der Waals surface area contributed by atoms with Crippen LogP contribution in [0.1, 0.15) is 49.7 Å². The van der Waals surface area contributed by atoms with Gasteiger partial charge in [0.2, 0.25) is 0 Å². The second-order valence-corrected chi connectivity index (χ2v) is 7.04. The molecule has 0 aliphatic carbocycles. The number of hydrogen-bond acceptors (Lipinski definition) is 4. The van der Waals surface area contributed by atoms with Gasteiger partial charge in [0.1, 0.15) is 0 Å². The van der Waals surface area contributed by atoms with Crippen LogP contribution in [-0.2, 0) is 0 Å². The molecule has 1 aliphatic heterocycles. The van der Waals surface area contributed by atoms with Gasteiger partial charge in [0.25, 0.3) is 5.91 Å². The fourth-order valence-corrected chi connectivity index (χ4v) is 3.14. The summed E-state index contributed by atoms with van der Waals surface area (Å²) < 4.78 is 1.56. The summed E-state index contributed by atoms with van der Waals surface area (Å²) in [5.41, 5.74) is 2.16. The Morgan fingerprint density at radius 2 is 1.92 bits per heavy atom. The summed E-state index contributed by atoms with van der Waals surface area (Å²) >= 11 is 0. The van der Waals surface area contributed by atoms with Gasteiger partial charge in [-0.25, -0.2) is 4.68 Å². The summed E-state index contributed by atoms with van der Waals surface area (Å²) in [6, 6.07) is 8.25. The lowest BCUT2D eigenvalue weighted by atomic mass is 10.0. The Morgan fingerprint density at radius 3 is 2.54 bits per heavy atom. The number of rotatable bonds is 3. The summed E-state index contributed by atoms with van der Waals surface area (Å²) in [6.45, 7) is 9.70. The van der Waals surface area contributed by atoms with Crippen molar-refractivity contribution in [2.75, 3.05) is 13.1 Å². The summed E-state index contributed by atoms with van der Waals surface area (Å²) in [5.74, 6) is 0.139. The van der Waals surface area contributed by atoms with Crippen LogP contribution in [0, 0.1) is 0 Å². The minimum atomic E-state index is -0.226. The number of aromatic nitrogens is 2. The third-order valence-electron chi connectivity index (χ3n) is 5.02. The molecule has 1 fully saturated rings. The number of aromatic hydroxyl groups is 1. The van der Waals surface area contributed by atoms with E-state index in [1.54, 1.807) is 9.58 Å². The van der Waals surface area contributed by atoms with E-state index in [0.717, 1.165) is 12.2 Å². The van der Waals surface area contributed by atoms with E-state index in [2.05, 4.69) is 31.2 Å². The van der Waals surface area contributed by atoms with Crippen LogP contribution in [0.15, 0.2) is 30.5 Å². The summed E-state index contributed by atoms with van der Waals surface area (Å²) in [5, 5.41) is 17.9. The number of halogens is 1. The van der Waals surface area contributed by atoms with Gasteiger partial charge >= 0.3 is 0 Å². The summed E-state index contributed by atoms with van der Waals surface area (Å²) in [7, 11) is 0. The zero-order valence-corrected chi connectivity index (χ0v) is 16.5. The molecule has 2 heterocycles. The van der Waals surface area contributed by atoms with Crippen molar-refractivity contribution in [2.45, 2.75) is 45.7 Å². The first-order valence-electron chi connectivity index (χ1n) is 8.81. The van der Waals surface area contributed by atoms with E-state index in [9.17, 15) is 9.90 Å². The van der Waals surface area contributed by atoms with Crippen LogP contribution < -0.4 is 5.32 Å². The van der Waals surface area contributed by atoms with Crippen LogP contribution in [0.25, 0.3) is 5.69 Å². The SMILES string of the molecule is CC(C)c1ccc(-n2cc(O)c(C(=O)N3CCNC(C)C3C)n2)cc1.Cl. The lowest BCUT2D eigenvalue weighted by molar-refractivity contribution is 0.0593. The highest BCUT2D eigenvalue weighted by molar-refractivity contribution is 5.95. The third kappa shape index (κ3) is 3.86. The highest BCUT2D eigenvalue weighted by atomic mass is 35.5. The quantitative estimate of drug-likeness (QED) is 0.861. The third-order valence-corrected chi connectivity index (χ3v) is 5.02. The van der Waals surface area contributed by atoms with Crippen molar-refractivity contribution in [3.05, 3.63) is 41.7 Å². The van der Waals surface area contributed by atoms with Gasteiger partial charge in [0.15, 0.2) is 11.4 Å². The maximum absolute atomic E-state index is 12.8. The first-order valence-corrected chi connectivity index (χ1v) is 8.81. The Hall–Kier alpha value is -2.05. The summed E-state index contributed by atoms with van der Waals surface area (Å²) in [4.78, 5) is 14.6. The minimum Gasteiger partial charge on any atom is -0.504 e. The largest absolute Gasteiger partial charge is 0.504 e. The lowest BCUT2D eigenvalue weighted by Crippen LogP contribution is -2.57. The average molecular weight is 379 g/mol.